The van der Waals surface area contributed by atoms with E-state index in [0.29, 0.717) is 17.8 Å². The first kappa shape index (κ1) is 27.0. The highest BCUT2D eigenvalue weighted by Crippen LogP contribution is 2.62. The van der Waals surface area contributed by atoms with Crippen molar-refractivity contribution < 1.29 is 14.0 Å². The molecule has 0 amide bonds. The molecule has 0 aromatic heterocycles. The maximum atomic E-state index is 12.3. The Hall–Kier alpha value is -0.613. The van der Waals surface area contributed by atoms with Gasteiger partial charge in [-0.15, -0.1) is 0 Å². The van der Waals surface area contributed by atoms with E-state index in [-0.39, 0.29) is 27.9 Å². The normalized spacial score (nSPS) is 39.9. The van der Waals surface area contributed by atoms with Gasteiger partial charge in [0.1, 0.15) is 6.10 Å². The minimum Gasteiger partial charge on any atom is -0.462 e. The molecule has 0 aliphatic heterocycles. The second-order valence-corrected chi connectivity index (χ2v) is 18.7. The minimum atomic E-state index is -1.74. The molecule has 0 aromatic carbocycles. The lowest BCUT2D eigenvalue weighted by atomic mass is 9.51. The molecule has 3 rings (SSSR count). The van der Waals surface area contributed by atoms with Crippen molar-refractivity contribution in [3.05, 3.63) is 12.2 Å². The summed E-state index contributed by atoms with van der Waals surface area (Å²) >= 11 is 0. The Kier molecular flexibility index (Phi) is 7.72. The summed E-state index contributed by atoms with van der Waals surface area (Å²) in [6.45, 7) is 25.9. The summed E-state index contributed by atoms with van der Waals surface area (Å²) in [7, 11) is -1.74. The standard InChI is InChI=1S/C29H52O3Si/c1-20-13-16-29(8,23(19-20)15-18-31-33(9,10)27(4,5)6)25-14-17-28(7)21(2)11-12-24(28)26(25)32-22(3)30/h20,23-26H,2,11-19H2,1,3-10H3/t20-,23-,24-,25-,26-,28+,29-/m0/s1. The van der Waals surface area contributed by atoms with Gasteiger partial charge < -0.3 is 9.16 Å². The summed E-state index contributed by atoms with van der Waals surface area (Å²) in [6, 6.07) is 0. The maximum absolute atomic E-state index is 12.3. The second kappa shape index (κ2) is 9.45. The number of hydrogen-bond acceptors (Lipinski definition) is 3. The van der Waals surface area contributed by atoms with Gasteiger partial charge in [-0.2, -0.15) is 0 Å². The largest absolute Gasteiger partial charge is 0.462 e. The summed E-state index contributed by atoms with van der Waals surface area (Å²) in [4.78, 5) is 12.3. The topological polar surface area (TPSA) is 35.5 Å². The average molecular weight is 477 g/mol. The Morgan fingerprint density at radius 3 is 2.39 bits per heavy atom. The van der Waals surface area contributed by atoms with Crippen LogP contribution in [0.2, 0.25) is 18.1 Å². The fourth-order valence-corrected chi connectivity index (χ4v) is 8.35. The second-order valence-electron chi connectivity index (χ2n) is 13.9. The van der Waals surface area contributed by atoms with Crippen molar-refractivity contribution in [2.75, 3.05) is 6.61 Å². The zero-order valence-electron chi connectivity index (χ0n) is 23.2. The molecule has 0 spiro atoms. The van der Waals surface area contributed by atoms with Gasteiger partial charge in [0.2, 0.25) is 0 Å². The van der Waals surface area contributed by atoms with Crippen molar-refractivity contribution in [1.82, 2.24) is 0 Å². The average Bonchev–Trinajstić information content (AvgIpc) is 2.99. The molecule has 0 heterocycles. The Morgan fingerprint density at radius 2 is 1.79 bits per heavy atom. The summed E-state index contributed by atoms with van der Waals surface area (Å²) in [5, 5.41) is 0.245. The lowest BCUT2D eigenvalue weighted by molar-refractivity contribution is -0.172. The quantitative estimate of drug-likeness (QED) is 0.220. The van der Waals surface area contributed by atoms with E-state index in [1.165, 1.54) is 31.3 Å². The van der Waals surface area contributed by atoms with Crippen molar-refractivity contribution in [3.63, 3.8) is 0 Å². The van der Waals surface area contributed by atoms with Crippen molar-refractivity contribution >= 4 is 14.3 Å². The fraction of sp³-hybridized carbons (Fsp3) is 0.897. The lowest BCUT2D eigenvalue weighted by Crippen LogP contribution is -2.53. The Balaban J connectivity index is 1.83. The maximum Gasteiger partial charge on any atom is 0.302 e. The summed E-state index contributed by atoms with van der Waals surface area (Å²) in [5.41, 5.74) is 1.72. The first-order valence-electron chi connectivity index (χ1n) is 13.6. The number of carbonyl (C=O) groups is 1. The molecule has 4 heteroatoms. The van der Waals surface area contributed by atoms with E-state index < -0.39 is 8.32 Å². The summed E-state index contributed by atoms with van der Waals surface area (Å²) in [5.74, 6) is 2.15. The molecule has 0 unspecified atom stereocenters. The van der Waals surface area contributed by atoms with Crippen LogP contribution in [0.3, 0.4) is 0 Å². The van der Waals surface area contributed by atoms with Crippen LogP contribution < -0.4 is 0 Å². The van der Waals surface area contributed by atoms with Crippen molar-refractivity contribution in [2.45, 2.75) is 124 Å². The van der Waals surface area contributed by atoms with Gasteiger partial charge in [-0.1, -0.05) is 60.1 Å². The van der Waals surface area contributed by atoms with Crippen LogP contribution in [0.5, 0.6) is 0 Å². The minimum absolute atomic E-state index is 0.0303. The molecule has 0 bridgehead atoms. The molecule has 3 saturated carbocycles. The zero-order valence-corrected chi connectivity index (χ0v) is 24.2. The number of hydrogen-bond donors (Lipinski definition) is 0. The molecule has 0 N–H and O–H groups in total. The molecule has 3 nitrogen and oxygen atoms in total. The van der Waals surface area contributed by atoms with E-state index in [0.717, 1.165) is 38.2 Å². The molecule has 0 saturated heterocycles. The van der Waals surface area contributed by atoms with Gasteiger partial charge in [-0.25, -0.2) is 0 Å². The molecule has 0 aromatic rings. The van der Waals surface area contributed by atoms with Crippen LogP contribution in [0, 0.1) is 34.5 Å². The van der Waals surface area contributed by atoms with E-state index in [2.05, 4.69) is 61.2 Å². The van der Waals surface area contributed by atoms with E-state index in [1.54, 1.807) is 6.92 Å². The van der Waals surface area contributed by atoms with Crippen molar-refractivity contribution in [1.29, 1.82) is 0 Å². The van der Waals surface area contributed by atoms with Gasteiger partial charge in [0.25, 0.3) is 0 Å². The van der Waals surface area contributed by atoms with Crippen LogP contribution >= 0.6 is 0 Å². The molecule has 7 atom stereocenters. The monoisotopic (exact) mass is 476 g/mol. The molecular weight excluding hydrogens is 424 g/mol. The number of carbonyl (C=O) groups excluding carboxylic acids is 1. The lowest BCUT2D eigenvalue weighted by Gasteiger charge is -2.56. The number of allylic oxidation sites excluding steroid dienone is 1. The highest BCUT2D eigenvalue weighted by Gasteiger charge is 2.58. The van der Waals surface area contributed by atoms with E-state index in [9.17, 15) is 4.79 Å². The predicted molar refractivity (Wildman–Crippen MR) is 141 cm³/mol. The Labute approximate surface area is 205 Å². The predicted octanol–water partition coefficient (Wildman–Crippen LogP) is 8.16. The summed E-state index contributed by atoms with van der Waals surface area (Å²) in [6.07, 6.45) is 9.51. The first-order valence-corrected chi connectivity index (χ1v) is 16.5. The van der Waals surface area contributed by atoms with Crippen molar-refractivity contribution in [3.8, 4) is 0 Å². The Morgan fingerprint density at radius 1 is 1.12 bits per heavy atom. The number of rotatable bonds is 6. The van der Waals surface area contributed by atoms with Crippen LogP contribution in [-0.4, -0.2) is 27.0 Å². The van der Waals surface area contributed by atoms with Crippen molar-refractivity contribution in [2.24, 2.45) is 34.5 Å². The molecule has 3 fully saturated rings. The van der Waals surface area contributed by atoms with Crippen LogP contribution in [-0.2, 0) is 14.0 Å². The van der Waals surface area contributed by atoms with Gasteiger partial charge in [0.15, 0.2) is 8.32 Å². The molecule has 3 aliphatic carbocycles. The third-order valence-corrected chi connectivity index (χ3v) is 15.4. The van der Waals surface area contributed by atoms with Gasteiger partial charge in [-0.3, -0.25) is 4.79 Å². The van der Waals surface area contributed by atoms with Gasteiger partial charge in [0, 0.05) is 25.4 Å². The molecule has 33 heavy (non-hydrogen) atoms. The molecule has 0 radical (unpaired) electrons. The van der Waals surface area contributed by atoms with Crippen LogP contribution in [0.15, 0.2) is 12.2 Å². The number of ether oxygens (including phenoxy) is 1. The van der Waals surface area contributed by atoms with Crippen LogP contribution in [0.1, 0.15) is 99.8 Å². The smallest absolute Gasteiger partial charge is 0.302 e. The number of fused-ring (bicyclic) bond motifs is 1. The molecule has 190 valence electrons. The fourth-order valence-electron chi connectivity index (χ4n) is 7.29. The van der Waals surface area contributed by atoms with E-state index in [4.69, 9.17) is 9.16 Å². The molecular formula is C29H52O3Si. The highest BCUT2D eigenvalue weighted by atomic mass is 28.4. The summed E-state index contributed by atoms with van der Waals surface area (Å²) < 4.78 is 12.9. The first-order chi connectivity index (χ1) is 15.1. The SMILES string of the molecule is C=C1CC[C@H]2[C@H](OC(C)=O)[C@@H]([C@@]3(C)CC[C@H](C)C[C@@H]3CCO[Si](C)(C)C(C)(C)C)CC[C@]12C. The highest BCUT2D eigenvalue weighted by molar-refractivity contribution is 6.74. The molecule has 3 aliphatic rings. The number of esters is 1. The van der Waals surface area contributed by atoms with E-state index >= 15 is 0 Å². The van der Waals surface area contributed by atoms with Crippen LogP contribution in [0.25, 0.3) is 0 Å². The third-order valence-electron chi connectivity index (χ3n) is 10.8. The van der Waals surface area contributed by atoms with Gasteiger partial charge in [0.05, 0.1) is 0 Å². The Bertz CT molecular complexity index is 738. The third kappa shape index (κ3) is 5.17. The van der Waals surface area contributed by atoms with Gasteiger partial charge >= 0.3 is 5.97 Å². The van der Waals surface area contributed by atoms with Gasteiger partial charge in [-0.05, 0) is 85.7 Å². The van der Waals surface area contributed by atoms with E-state index in [1.807, 2.05) is 0 Å². The van der Waals surface area contributed by atoms with Crippen LogP contribution in [0.4, 0.5) is 0 Å². The zero-order chi connectivity index (χ0) is 24.8.